The summed E-state index contributed by atoms with van der Waals surface area (Å²) in [5.74, 6) is 3.53. The molecule has 1 saturated carbocycles. The molecule has 1 N–H and O–H groups in total. The highest BCUT2D eigenvalue weighted by Crippen LogP contribution is 2.42. The first-order valence-electron chi connectivity index (χ1n) is 7.87. The number of nitrogens with one attached hydrogen (secondary N) is 1. The van der Waals surface area contributed by atoms with Crippen LogP contribution in [0.4, 0.5) is 0 Å². The topological polar surface area (TPSA) is 70.8 Å². The third-order valence-electron chi connectivity index (χ3n) is 4.52. The number of hydrogen-bond acceptors (Lipinski definition) is 5. The van der Waals surface area contributed by atoms with Gasteiger partial charge in [0.15, 0.2) is 5.82 Å². The van der Waals surface area contributed by atoms with Gasteiger partial charge >= 0.3 is 0 Å². The summed E-state index contributed by atoms with van der Waals surface area (Å²) in [5, 5.41) is 11.3. The van der Waals surface area contributed by atoms with Crippen molar-refractivity contribution in [2.24, 2.45) is 0 Å². The predicted molar refractivity (Wildman–Crippen MR) is 76.6 cm³/mol. The minimum Gasteiger partial charge on any atom is -0.361 e. The molecule has 21 heavy (non-hydrogen) atoms. The van der Waals surface area contributed by atoms with Crippen molar-refractivity contribution in [1.82, 2.24) is 25.2 Å². The van der Waals surface area contributed by atoms with Gasteiger partial charge in [0.25, 0.3) is 0 Å². The lowest BCUT2D eigenvalue weighted by Crippen LogP contribution is -2.33. The Morgan fingerprint density at radius 2 is 2.24 bits per heavy atom. The molecule has 6 heteroatoms. The van der Waals surface area contributed by atoms with E-state index in [0.29, 0.717) is 12.0 Å². The number of aromatic nitrogens is 4. The Kier molecular flexibility index (Phi) is 3.25. The molecule has 0 bridgehead atoms. The molecule has 1 saturated heterocycles. The van der Waals surface area contributed by atoms with Crippen molar-refractivity contribution in [3.05, 3.63) is 29.2 Å². The van der Waals surface area contributed by atoms with E-state index in [9.17, 15) is 0 Å². The van der Waals surface area contributed by atoms with Gasteiger partial charge in [0.05, 0.1) is 12.2 Å². The molecule has 3 heterocycles. The molecule has 0 radical (unpaired) electrons. The number of aryl methyl sites for hydroxylation is 1. The predicted octanol–water partition coefficient (Wildman–Crippen LogP) is 2.71. The number of piperidine rings is 1. The van der Waals surface area contributed by atoms with E-state index in [1.54, 1.807) is 0 Å². The van der Waals surface area contributed by atoms with Crippen LogP contribution in [-0.2, 0) is 6.54 Å². The first kappa shape index (κ1) is 13.0. The van der Waals surface area contributed by atoms with Crippen LogP contribution in [0.5, 0.6) is 0 Å². The summed E-state index contributed by atoms with van der Waals surface area (Å²) >= 11 is 0. The second-order valence-electron chi connectivity index (χ2n) is 6.25. The van der Waals surface area contributed by atoms with Gasteiger partial charge in [0.1, 0.15) is 11.6 Å². The van der Waals surface area contributed by atoms with Gasteiger partial charge in [-0.2, -0.15) is 5.10 Å². The Morgan fingerprint density at radius 3 is 3.00 bits per heavy atom. The largest absolute Gasteiger partial charge is 0.361 e. The van der Waals surface area contributed by atoms with E-state index >= 15 is 0 Å². The fourth-order valence-electron chi connectivity index (χ4n) is 3.27. The molecule has 1 atom stereocenters. The van der Waals surface area contributed by atoms with Crippen LogP contribution in [-0.4, -0.2) is 31.8 Å². The van der Waals surface area contributed by atoms with Crippen LogP contribution < -0.4 is 0 Å². The maximum Gasteiger partial charge on any atom is 0.167 e. The Balaban J connectivity index is 1.55. The van der Waals surface area contributed by atoms with Crippen LogP contribution in [0, 0.1) is 6.92 Å². The first-order valence-corrected chi connectivity index (χ1v) is 7.87. The molecule has 0 unspecified atom stereocenters. The van der Waals surface area contributed by atoms with Crippen LogP contribution >= 0.6 is 0 Å². The zero-order valence-electron chi connectivity index (χ0n) is 12.4. The fraction of sp³-hybridized carbons (Fsp3) is 0.667. The van der Waals surface area contributed by atoms with Crippen molar-refractivity contribution in [3.8, 4) is 0 Å². The maximum absolute atomic E-state index is 5.46. The fourth-order valence-corrected chi connectivity index (χ4v) is 3.27. The van der Waals surface area contributed by atoms with Gasteiger partial charge in [0.2, 0.25) is 0 Å². The molecule has 1 aliphatic carbocycles. The molecule has 0 spiro atoms. The zero-order valence-corrected chi connectivity index (χ0v) is 12.4. The normalized spacial score (nSPS) is 23.6. The van der Waals surface area contributed by atoms with Gasteiger partial charge in [-0.05, 0) is 39.2 Å². The number of rotatable bonds is 4. The van der Waals surface area contributed by atoms with Gasteiger partial charge in [-0.25, -0.2) is 4.98 Å². The van der Waals surface area contributed by atoms with Crippen molar-refractivity contribution in [3.63, 3.8) is 0 Å². The Morgan fingerprint density at radius 1 is 1.33 bits per heavy atom. The minimum absolute atomic E-state index is 0.311. The van der Waals surface area contributed by atoms with Crippen LogP contribution in [0.3, 0.4) is 0 Å². The highest BCUT2D eigenvalue weighted by atomic mass is 16.5. The number of aromatic amines is 1. The average molecular weight is 287 g/mol. The van der Waals surface area contributed by atoms with Crippen molar-refractivity contribution in [2.75, 3.05) is 6.54 Å². The summed E-state index contributed by atoms with van der Waals surface area (Å²) in [4.78, 5) is 7.01. The van der Waals surface area contributed by atoms with Crippen molar-refractivity contribution in [2.45, 2.75) is 57.5 Å². The maximum atomic E-state index is 5.46. The van der Waals surface area contributed by atoms with Gasteiger partial charge in [-0.1, -0.05) is 11.6 Å². The van der Waals surface area contributed by atoms with Crippen molar-refractivity contribution < 1.29 is 4.52 Å². The van der Waals surface area contributed by atoms with E-state index in [-0.39, 0.29) is 0 Å². The van der Waals surface area contributed by atoms with E-state index in [1.807, 2.05) is 13.1 Å². The average Bonchev–Trinajstić information content (AvgIpc) is 3.08. The quantitative estimate of drug-likeness (QED) is 0.936. The number of likely N-dealkylation sites (tertiary alicyclic amines) is 1. The standard InChI is InChI=1S/C15H21N5O/c1-10-17-15(19-18-10)13-4-2-3-7-20(13)9-12-8-16-21-14(12)11-5-6-11/h8,11,13H,2-7,9H2,1H3,(H,17,18,19)/t13-/m0/s1. The molecular weight excluding hydrogens is 266 g/mol. The summed E-state index contributed by atoms with van der Waals surface area (Å²) in [6, 6.07) is 0.311. The lowest BCUT2D eigenvalue weighted by atomic mass is 10.0. The lowest BCUT2D eigenvalue weighted by molar-refractivity contribution is 0.133. The van der Waals surface area contributed by atoms with Crippen LogP contribution in [0.2, 0.25) is 0 Å². The van der Waals surface area contributed by atoms with Crippen molar-refractivity contribution >= 4 is 0 Å². The number of nitrogens with zero attached hydrogens (tertiary/aromatic N) is 4. The molecule has 2 fully saturated rings. The van der Waals surface area contributed by atoms with Crippen molar-refractivity contribution in [1.29, 1.82) is 0 Å². The van der Waals surface area contributed by atoms with Crippen LogP contribution in [0.25, 0.3) is 0 Å². The molecular formula is C15H21N5O. The Hall–Kier alpha value is -1.69. The van der Waals surface area contributed by atoms with Gasteiger partial charge < -0.3 is 4.52 Å². The molecule has 2 aromatic heterocycles. The number of H-pyrrole nitrogens is 1. The van der Waals surface area contributed by atoms with E-state index in [1.165, 1.54) is 31.2 Å². The summed E-state index contributed by atoms with van der Waals surface area (Å²) in [6.07, 6.45) is 7.99. The van der Waals surface area contributed by atoms with Gasteiger partial charge in [-0.15, -0.1) is 0 Å². The molecule has 112 valence electrons. The minimum atomic E-state index is 0.311. The monoisotopic (exact) mass is 287 g/mol. The highest BCUT2D eigenvalue weighted by molar-refractivity contribution is 5.22. The van der Waals surface area contributed by atoms with Crippen LogP contribution in [0.15, 0.2) is 10.7 Å². The lowest BCUT2D eigenvalue weighted by Gasteiger charge is -2.33. The third-order valence-corrected chi connectivity index (χ3v) is 4.52. The van der Waals surface area contributed by atoms with E-state index < -0.39 is 0 Å². The molecule has 6 nitrogen and oxygen atoms in total. The SMILES string of the molecule is Cc1nc([C@@H]2CCCCN2Cc2cnoc2C2CC2)n[nH]1. The smallest absolute Gasteiger partial charge is 0.167 e. The van der Waals surface area contributed by atoms with Crippen LogP contribution in [0.1, 0.15) is 67.0 Å². The second kappa shape index (κ2) is 5.26. The van der Waals surface area contributed by atoms with E-state index in [2.05, 4.69) is 25.2 Å². The van der Waals surface area contributed by atoms with Gasteiger partial charge in [0, 0.05) is 18.0 Å². The summed E-state index contributed by atoms with van der Waals surface area (Å²) in [5.41, 5.74) is 1.25. The third kappa shape index (κ3) is 2.60. The highest BCUT2D eigenvalue weighted by Gasteiger charge is 2.33. The second-order valence-corrected chi connectivity index (χ2v) is 6.25. The Bertz CT molecular complexity index is 615. The molecule has 2 aliphatic rings. The molecule has 0 aromatic carbocycles. The Labute approximate surface area is 123 Å². The molecule has 2 aromatic rings. The summed E-state index contributed by atoms with van der Waals surface area (Å²) in [7, 11) is 0. The molecule has 4 rings (SSSR count). The number of hydrogen-bond donors (Lipinski definition) is 1. The summed E-state index contributed by atoms with van der Waals surface area (Å²) in [6.45, 7) is 3.94. The van der Waals surface area contributed by atoms with Gasteiger partial charge in [-0.3, -0.25) is 10.00 Å². The first-order chi connectivity index (χ1) is 10.3. The van der Waals surface area contributed by atoms with E-state index in [0.717, 1.165) is 36.9 Å². The van der Waals surface area contributed by atoms with E-state index in [4.69, 9.17) is 4.52 Å². The molecule has 0 amide bonds. The molecule has 1 aliphatic heterocycles. The summed E-state index contributed by atoms with van der Waals surface area (Å²) < 4.78 is 5.46. The zero-order chi connectivity index (χ0) is 14.2.